The van der Waals surface area contributed by atoms with E-state index in [9.17, 15) is 0 Å². The van der Waals surface area contributed by atoms with Crippen LogP contribution < -0.4 is 5.73 Å². The molecule has 0 heterocycles. The van der Waals surface area contributed by atoms with Gasteiger partial charge in [0.2, 0.25) is 0 Å². The second-order valence-electron chi connectivity index (χ2n) is 2.56. The van der Waals surface area contributed by atoms with Crippen molar-refractivity contribution in [2.75, 3.05) is 0 Å². The summed E-state index contributed by atoms with van der Waals surface area (Å²) < 4.78 is 0. The Bertz CT molecular complexity index is 221. The molecular weight excluding hydrogens is 134 g/mol. The molecule has 0 spiro atoms. The summed E-state index contributed by atoms with van der Waals surface area (Å²) in [5, 5.41) is 0. The molecule has 0 saturated heterocycles. The van der Waals surface area contributed by atoms with E-state index in [-0.39, 0.29) is 0 Å². The lowest BCUT2D eigenvalue weighted by Crippen LogP contribution is -2.10. The van der Waals surface area contributed by atoms with Gasteiger partial charge in [-0.15, -0.1) is 0 Å². The smallest absolute Gasteiger partial charge is 0.0202 e. The van der Waals surface area contributed by atoms with Gasteiger partial charge in [-0.3, -0.25) is 0 Å². The Labute approximate surface area is 67.6 Å². The van der Waals surface area contributed by atoms with Crippen LogP contribution in [0.5, 0.6) is 0 Å². The van der Waals surface area contributed by atoms with Gasteiger partial charge in [0.25, 0.3) is 0 Å². The highest BCUT2D eigenvalue weighted by Crippen LogP contribution is 2.17. The maximum Gasteiger partial charge on any atom is 0.0202 e. The predicted molar refractivity (Wildman–Crippen MR) is 48.9 cm³/mol. The molecule has 1 heteroatoms. The van der Waals surface area contributed by atoms with E-state index in [1.165, 1.54) is 0 Å². The first-order valence-corrected chi connectivity index (χ1v) is 3.76. The first-order chi connectivity index (χ1) is 5.34. The second-order valence-corrected chi connectivity index (χ2v) is 2.56. The lowest BCUT2D eigenvalue weighted by molar-refractivity contribution is 0.753. The van der Waals surface area contributed by atoms with Crippen LogP contribution in [0.15, 0.2) is 48.7 Å². The molecule has 0 bridgehead atoms. The Kier molecular flexibility index (Phi) is 2.73. The minimum absolute atomic E-state index is 0.373. The number of rotatable bonds is 2. The highest BCUT2D eigenvalue weighted by atomic mass is 14.6. The fourth-order valence-corrected chi connectivity index (χ4v) is 1.07. The van der Waals surface area contributed by atoms with Crippen LogP contribution >= 0.6 is 0 Å². The molecule has 58 valence electrons. The third-order valence-corrected chi connectivity index (χ3v) is 1.72. The zero-order chi connectivity index (χ0) is 8.10. The first-order valence-electron chi connectivity index (χ1n) is 3.76. The van der Waals surface area contributed by atoms with Gasteiger partial charge in [-0.05, 0) is 12.5 Å². The Morgan fingerprint density at radius 3 is 3.09 bits per heavy atom. The lowest BCUT2D eigenvalue weighted by atomic mass is 9.97. The van der Waals surface area contributed by atoms with E-state index in [0.717, 1.165) is 12.1 Å². The van der Waals surface area contributed by atoms with Gasteiger partial charge in [0.1, 0.15) is 0 Å². The Balaban J connectivity index is 2.60. The van der Waals surface area contributed by atoms with Crippen LogP contribution in [0.25, 0.3) is 0 Å². The summed E-state index contributed by atoms with van der Waals surface area (Å²) in [7, 11) is 0. The summed E-state index contributed by atoms with van der Waals surface area (Å²) in [6, 6.07) is 0. The maximum absolute atomic E-state index is 5.74. The van der Waals surface area contributed by atoms with Crippen molar-refractivity contribution < 1.29 is 0 Å². The van der Waals surface area contributed by atoms with E-state index in [0.29, 0.717) is 5.92 Å². The normalized spacial score (nSPS) is 23.6. The summed E-state index contributed by atoms with van der Waals surface area (Å²) in [6.07, 6.45) is 12.8. The molecular formula is C10H13N. The van der Waals surface area contributed by atoms with E-state index in [4.69, 9.17) is 5.73 Å². The van der Waals surface area contributed by atoms with Crippen molar-refractivity contribution in [1.29, 1.82) is 0 Å². The largest absolute Gasteiger partial charge is 0.402 e. The fraction of sp³-hybridized carbons (Fsp3) is 0.200. The Hall–Kier alpha value is -1.24. The molecule has 0 aromatic carbocycles. The van der Waals surface area contributed by atoms with E-state index < -0.39 is 0 Å². The predicted octanol–water partition coefficient (Wildman–Crippen LogP) is 2.15. The number of allylic oxidation sites excluding steroid dienone is 6. The minimum atomic E-state index is 0.373. The van der Waals surface area contributed by atoms with Crippen LogP contribution in [0, 0.1) is 5.92 Å². The molecule has 0 radical (unpaired) electrons. The third-order valence-electron chi connectivity index (χ3n) is 1.72. The molecule has 11 heavy (non-hydrogen) atoms. The third kappa shape index (κ3) is 2.11. The van der Waals surface area contributed by atoms with Crippen molar-refractivity contribution in [3.8, 4) is 0 Å². The minimum Gasteiger partial charge on any atom is -0.402 e. The summed E-state index contributed by atoms with van der Waals surface area (Å²) >= 11 is 0. The second kappa shape index (κ2) is 3.81. The number of hydrogen-bond acceptors (Lipinski definition) is 1. The first kappa shape index (κ1) is 7.86. The van der Waals surface area contributed by atoms with E-state index >= 15 is 0 Å². The SMILES string of the molecule is C=C/C=C\C1CC=CC=C1N. The summed E-state index contributed by atoms with van der Waals surface area (Å²) in [5.74, 6) is 0.373. The summed E-state index contributed by atoms with van der Waals surface area (Å²) in [4.78, 5) is 0. The Morgan fingerprint density at radius 1 is 1.64 bits per heavy atom. The standard InChI is InChI=1S/C10H13N/c1-2-3-6-9-7-4-5-8-10(9)11/h2-6,8-9H,1,7,11H2/b6-3-. The van der Waals surface area contributed by atoms with Gasteiger partial charge < -0.3 is 5.73 Å². The van der Waals surface area contributed by atoms with Crippen LogP contribution in [0.1, 0.15) is 6.42 Å². The molecule has 0 aromatic heterocycles. The number of nitrogens with two attached hydrogens (primary N) is 1. The quantitative estimate of drug-likeness (QED) is 0.595. The molecule has 1 nitrogen and oxygen atoms in total. The highest BCUT2D eigenvalue weighted by molar-refractivity contribution is 5.23. The van der Waals surface area contributed by atoms with Crippen LogP contribution in [0.2, 0.25) is 0 Å². The van der Waals surface area contributed by atoms with Gasteiger partial charge in [-0.2, -0.15) is 0 Å². The van der Waals surface area contributed by atoms with Gasteiger partial charge in [-0.25, -0.2) is 0 Å². The van der Waals surface area contributed by atoms with Crippen molar-refractivity contribution in [2.45, 2.75) is 6.42 Å². The van der Waals surface area contributed by atoms with Gasteiger partial charge in [0.15, 0.2) is 0 Å². The molecule has 2 N–H and O–H groups in total. The van der Waals surface area contributed by atoms with Crippen LogP contribution in [-0.2, 0) is 0 Å². The highest BCUT2D eigenvalue weighted by Gasteiger charge is 2.06. The average molecular weight is 147 g/mol. The molecule has 0 aromatic rings. The van der Waals surface area contributed by atoms with E-state index in [1.54, 1.807) is 6.08 Å². The maximum atomic E-state index is 5.74. The van der Waals surface area contributed by atoms with E-state index in [2.05, 4.69) is 18.7 Å². The van der Waals surface area contributed by atoms with Crippen LogP contribution in [-0.4, -0.2) is 0 Å². The lowest BCUT2D eigenvalue weighted by Gasteiger charge is -2.13. The zero-order valence-corrected chi connectivity index (χ0v) is 6.53. The van der Waals surface area contributed by atoms with Gasteiger partial charge >= 0.3 is 0 Å². The molecule has 1 rings (SSSR count). The molecule has 1 aliphatic rings. The zero-order valence-electron chi connectivity index (χ0n) is 6.53. The molecule has 0 fully saturated rings. The van der Waals surface area contributed by atoms with Gasteiger partial charge in [0.05, 0.1) is 0 Å². The van der Waals surface area contributed by atoms with Crippen molar-refractivity contribution in [3.63, 3.8) is 0 Å². The fourth-order valence-electron chi connectivity index (χ4n) is 1.07. The van der Waals surface area contributed by atoms with Crippen molar-refractivity contribution in [3.05, 3.63) is 48.7 Å². The molecule has 1 aliphatic carbocycles. The van der Waals surface area contributed by atoms with Gasteiger partial charge in [0, 0.05) is 11.6 Å². The van der Waals surface area contributed by atoms with Crippen LogP contribution in [0.3, 0.4) is 0 Å². The summed E-state index contributed by atoms with van der Waals surface area (Å²) in [6.45, 7) is 3.61. The summed E-state index contributed by atoms with van der Waals surface area (Å²) in [5.41, 5.74) is 6.68. The molecule has 0 saturated carbocycles. The monoisotopic (exact) mass is 147 g/mol. The van der Waals surface area contributed by atoms with Crippen LogP contribution in [0.4, 0.5) is 0 Å². The average Bonchev–Trinajstić information content (AvgIpc) is 2.03. The molecule has 0 aliphatic heterocycles. The topological polar surface area (TPSA) is 26.0 Å². The van der Waals surface area contributed by atoms with Crippen molar-refractivity contribution in [1.82, 2.24) is 0 Å². The molecule has 1 atom stereocenters. The Morgan fingerprint density at radius 2 is 2.45 bits per heavy atom. The van der Waals surface area contributed by atoms with Crippen molar-refractivity contribution in [2.24, 2.45) is 11.7 Å². The number of hydrogen-bond donors (Lipinski definition) is 1. The van der Waals surface area contributed by atoms with E-state index in [1.807, 2.05) is 18.2 Å². The molecule has 0 amide bonds. The van der Waals surface area contributed by atoms with Gasteiger partial charge in [-0.1, -0.05) is 37.0 Å². The molecule has 1 unspecified atom stereocenters. The van der Waals surface area contributed by atoms with Crippen molar-refractivity contribution >= 4 is 0 Å².